The van der Waals surface area contributed by atoms with E-state index in [-0.39, 0.29) is 0 Å². The highest BCUT2D eigenvalue weighted by Crippen LogP contribution is 2.38. The van der Waals surface area contributed by atoms with Gasteiger partial charge in [0.1, 0.15) is 5.92 Å². The van der Waals surface area contributed by atoms with Crippen LogP contribution in [0.15, 0.2) is 0 Å². The Balaban J connectivity index is 2.00. The van der Waals surface area contributed by atoms with Gasteiger partial charge >= 0.3 is 5.97 Å². The van der Waals surface area contributed by atoms with Crippen molar-refractivity contribution in [3.05, 3.63) is 10.6 Å². The van der Waals surface area contributed by atoms with Crippen molar-refractivity contribution in [1.82, 2.24) is 4.98 Å². The predicted molar refractivity (Wildman–Crippen MR) is 78.0 cm³/mol. The summed E-state index contributed by atoms with van der Waals surface area (Å²) in [4.78, 5) is 16.8. The highest BCUT2D eigenvalue weighted by molar-refractivity contribution is 7.15. The van der Waals surface area contributed by atoms with Crippen molar-refractivity contribution in [2.24, 2.45) is 5.92 Å². The molecule has 1 aliphatic carbocycles. The number of aryl methyl sites for hydroxylation is 1. The van der Waals surface area contributed by atoms with Crippen molar-refractivity contribution in [1.29, 1.82) is 0 Å². The van der Waals surface area contributed by atoms with E-state index in [1.165, 1.54) is 6.42 Å². The summed E-state index contributed by atoms with van der Waals surface area (Å²) in [5.74, 6) is -0.448. The Morgan fingerprint density at radius 3 is 2.95 bits per heavy atom. The fourth-order valence-corrected chi connectivity index (χ4v) is 3.72. The SMILES string of the molecule is CCC(C)CC(C)Nc1nc2c(s1)CCC2C(=O)O. The normalized spacial score (nSPS) is 20.9. The second-order valence-electron chi connectivity index (χ2n) is 5.55. The average molecular weight is 282 g/mol. The molecule has 3 atom stereocenters. The topological polar surface area (TPSA) is 62.2 Å². The number of carboxylic acid groups (broad SMARTS) is 1. The van der Waals surface area contributed by atoms with Crippen LogP contribution in [0.2, 0.25) is 0 Å². The van der Waals surface area contributed by atoms with Gasteiger partial charge in [0.15, 0.2) is 5.13 Å². The monoisotopic (exact) mass is 282 g/mol. The van der Waals surface area contributed by atoms with E-state index in [4.69, 9.17) is 5.11 Å². The number of rotatable bonds is 6. The van der Waals surface area contributed by atoms with Crippen molar-refractivity contribution >= 4 is 22.4 Å². The van der Waals surface area contributed by atoms with Gasteiger partial charge in [0, 0.05) is 10.9 Å². The van der Waals surface area contributed by atoms with E-state index in [1.54, 1.807) is 11.3 Å². The molecule has 0 aliphatic heterocycles. The number of hydrogen-bond donors (Lipinski definition) is 2. The van der Waals surface area contributed by atoms with Gasteiger partial charge in [-0.1, -0.05) is 20.3 Å². The zero-order chi connectivity index (χ0) is 14.0. The molecule has 0 bridgehead atoms. The van der Waals surface area contributed by atoms with E-state index in [0.29, 0.717) is 18.4 Å². The molecule has 4 nitrogen and oxygen atoms in total. The van der Waals surface area contributed by atoms with E-state index < -0.39 is 11.9 Å². The van der Waals surface area contributed by atoms with E-state index in [1.807, 2.05) is 0 Å². The largest absolute Gasteiger partial charge is 0.481 e. The van der Waals surface area contributed by atoms with Crippen LogP contribution in [-0.4, -0.2) is 22.1 Å². The molecule has 0 amide bonds. The van der Waals surface area contributed by atoms with Crippen LogP contribution in [0.4, 0.5) is 5.13 Å². The Morgan fingerprint density at radius 2 is 2.32 bits per heavy atom. The van der Waals surface area contributed by atoms with Crippen LogP contribution in [0.3, 0.4) is 0 Å². The van der Waals surface area contributed by atoms with Crippen molar-refractivity contribution in [3.8, 4) is 0 Å². The molecule has 1 aromatic rings. The zero-order valence-electron chi connectivity index (χ0n) is 11.8. The molecule has 1 aromatic heterocycles. The number of aliphatic carboxylic acids is 1. The number of carboxylic acids is 1. The van der Waals surface area contributed by atoms with E-state index in [2.05, 4.69) is 31.1 Å². The number of thiazole rings is 1. The second kappa shape index (κ2) is 5.90. The van der Waals surface area contributed by atoms with Gasteiger partial charge in [-0.25, -0.2) is 4.98 Å². The Morgan fingerprint density at radius 1 is 1.58 bits per heavy atom. The van der Waals surface area contributed by atoms with Crippen LogP contribution in [-0.2, 0) is 11.2 Å². The van der Waals surface area contributed by atoms with Crippen LogP contribution in [0.25, 0.3) is 0 Å². The molecular weight excluding hydrogens is 260 g/mol. The summed E-state index contributed by atoms with van der Waals surface area (Å²) in [6.07, 6.45) is 3.85. The maximum absolute atomic E-state index is 11.1. The molecule has 0 radical (unpaired) electrons. The molecule has 0 saturated carbocycles. The Kier molecular flexibility index (Phi) is 4.45. The van der Waals surface area contributed by atoms with E-state index >= 15 is 0 Å². The molecule has 5 heteroatoms. The number of carbonyl (C=O) groups is 1. The van der Waals surface area contributed by atoms with Gasteiger partial charge in [-0.05, 0) is 32.1 Å². The third-order valence-corrected chi connectivity index (χ3v) is 4.90. The second-order valence-corrected chi connectivity index (χ2v) is 6.64. The van der Waals surface area contributed by atoms with Crippen LogP contribution < -0.4 is 5.32 Å². The van der Waals surface area contributed by atoms with Gasteiger partial charge in [-0.15, -0.1) is 11.3 Å². The van der Waals surface area contributed by atoms with Crippen molar-refractivity contribution in [2.75, 3.05) is 5.32 Å². The minimum atomic E-state index is -0.747. The van der Waals surface area contributed by atoms with Crippen molar-refractivity contribution in [2.45, 2.75) is 58.4 Å². The van der Waals surface area contributed by atoms with Crippen LogP contribution in [0.1, 0.15) is 56.5 Å². The van der Waals surface area contributed by atoms with E-state index in [0.717, 1.165) is 28.5 Å². The van der Waals surface area contributed by atoms with Crippen LogP contribution >= 0.6 is 11.3 Å². The Bertz CT molecular complexity index is 458. The van der Waals surface area contributed by atoms with Gasteiger partial charge in [0.2, 0.25) is 0 Å². The molecule has 2 N–H and O–H groups in total. The first-order chi connectivity index (χ1) is 9.01. The molecule has 0 saturated heterocycles. The number of hydrogen-bond acceptors (Lipinski definition) is 4. The number of nitrogens with one attached hydrogen (secondary N) is 1. The fraction of sp³-hybridized carbons (Fsp3) is 0.714. The first kappa shape index (κ1) is 14.3. The maximum atomic E-state index is 11.1. The lowest BCUT2D eigenvalue weighted by atomic mass is 10.0. The molecule has 0 spiro atoms. The molecule has 0 aromatic carbocycles. The lowest BCUT2D eigenvalue weighted by Gasteiger charge is -2.16. The summed E-state index contributed by atoms with van der Waals surface area (Å²) < 4.78 is 0. The highest BCUT2D eigenvalue weighted by Gasteiger charge is 2.32. The molecule has 2 rings (SSSR count). The smallest absolute Gasteiger partial charge is 0.312 e. The zero-order valence-corrected chi connectivity index (χ0v) is 12.6. The highest BCUT2D eigenvalue weighted by atomic mass is 32.1. The maximum Gasteiger partial charge on any atom is 0.312 e. The molecular formula is C14H22N2O2S. The van der Waals surface area contributed by atoms with Gasteiger partial charge in [-0.3, -0.25) is 4.79 Å². The lowest BCUT2D eigenvalue weighted by molar-refractivity contribution is -0.138. The van der Waals surface area contributed by atoms with Gasteiger partial charge in [-0.2, -0.15) is 0 Å². The molecule has 1 aliphatic rings. The first-order valence-corrected chi connectivity index (χ1v) is 7.81. The quantitative estimate of drug-likeness (QED) is 0.838. The van der Waals surface area contributed by atoms with E-state index in [9.17, 15) is 4.79 Å². The van der Waals surface area contributed by atoms with Crippen LogP contribution in [0.5, 0.6) is 0 Å². The number of anilines is 1. The first-order valence-electron chi connectivity index (χ1n) is 7.00. The Hall–Kier alpha value is -1.10. The summed E-state index contributed by atoms with van der Waals surface area (Å²) >= 11 is 1.62. The minimum Gasteiger partial charge on any atom is -0.481 e. The van der Waals surface area contributed by atoms with Crippen molar-refractivity contribution in [3.63, 3.8) is 0 Å². The number of fused-ring (bicyclic) bond motifs is 1. The standard InChI is InChI=1S/C14H22N2O2S/c1-4-8(2)7-9(3)15-14-16-12-10(13(17)18)5-6-11(12)19-14/h8-10H,4-7H2,1-3H3,(H,15,16)(H,17,18). The molecule has 0 fully saturated rings. The minimum absolute atomic E-state index is 0.379. The average Bonchev–Trinajstić information content (AvgIpc) is 2.87. The summed E-state index contributed by atoms with van der Waals surface area (Å²) in [6.45, 7) is 6.61. The van der Waals surface area contributed by atoms with Crippen LogP contribution in [0, 0.1) is 5.92 Å². The predicted octanol–water partition coefficient (Wildman–Crippen LogP) is 3.49. The summed E-state index contributed by atoms with van der Waals surface area (Å²) in [6, 6.07) is 0.379. The molecule has 1 heterocycles. The van der Waals surface area contributed by atoms with Gasteiger partial charge < -0.3 is 10.4 Å². The third-order valence-electron chi connectivity index (χ3n) is 3.84. The summed E-state index contributed by atoms with van der Waals surface area (Å²) in [7, 11) is 0. The summed E-state index contributed by atoms with van der Waals surface area (Å²) in [5, 5.41) is 13.4. The lowest BCUT2D eigenvalue weighted by Crippen LogP contribution is -2.18. The van der Waals surface area contributed by atoms with Gasteiger partial charge in [0.05, 0.1) is 5.69 Å². The summed E-state index contributed by atoms with van der Waals surface area (Å²) in [5.41, 5.74) is 0.788. The molecule has 3 unspecified atom stereocenters. The molecule has 19 heavy (non-hydrogen) atoms. The van der Waals surface area contributed by atoms with Gasteiger partial charge in [0.25, 0.3) is 0 Å². The number of aromatic nitrogens is 1. The fourth-order valence-electron chi connectivity index (χ4n) is 2.57. The molecule has 106 valence electrons. The number of nitrogens with zero attached hydrogens (tertiary/aromatic N) is 1. The third kappa shape index (κ3) is 3.26. The van der Waals surface area contributed by atoms with Crippen molar-refractivity contribution < 1.29 is 9.90 Å². The Labute approximate surface area is 118 Å².